The largest absolute Gasteiger partial charge is 0.337 e. The van der Waals surface area contributed by atoms with Gasteiger partial charge < -0.3 is 15.1 Å². The molecule has 28 heavy (non-hydrogen) atoms. The number of benzene rings is 1. The summed E-state index contributed by atoms with van der Waals surface area (Å²) in [6.07, 6.45) is 6.98. The summed E-state index contributed by atoms with van der Waals surface area (Å²) in [5.74, 6) is 1.18. The Balaban J connectivity index is 1.16. The first-order valence-electron chi connectivity index (χ1n) is 10.5. The van der Waals surface area contributed by atoms with Gasteiger partial charge in [-0.1, -0.05) is 30.3 Å². The molecule has 5 heteroatoms. The van der Waals surface area contributed by atoms with Crippen molar-refractivity contribution in [3.8, 4) is 0 Å². The van der Waals surface area contributed by atoms with Crippen molar-refractivity contribution in [3.63, 3.8) is 0 Å². The number of pyridine rings is 1. The molecule has 0 saturated carbocycles. The number of carbonyl (C=O) groups excluding carboxylic acids is 1. The van der Waals surface area contributed by atoms with Crippen LogP contribution in [0.15, 0.2) is 54.9 Å². The molecule has 0 bridgehead atoms. The van der Waals surface area contributed by atoms with E-state index in [1.54, 1.807) is 0 Å². The minimum absolute atomic E-state index is 0.0898. The lowest BCUT2D eigenvalue weighted by atomic mass is 9.90. The molecule has 0 spiro atoms. The van der Waals surface area contributed by atoms with Crippen LogP contribution in [0.3, 0.4) is 0 Å². The number of rotatable bonds is 5. The molecule has 2 aromatic rings. The third-order valence-corrected chi connectivity index (χ3v) is 6.21. The van der Waals surface area contributed by atoms with Crippen LogP contribution >= 0.6 is 0 Å². The van der Waals surface area contributed by atoms with E-state index in [0.717, 1.165) is 52.1 Å². The molecular weight excluding hydrogens is 348 g/mol. The maximum Gasteiger partial charge on any atom is 0.317 e. The Labute approximate surface area is 167 Å². The van der Waals surface area contributed by atoms with E-state index in [9.17, 15) is 4.79 Å². The van der Waals surface area contributed by atoms with Gasteiger partial charge in [0.05, 0.1) is 0 Å². The zero-order valence-corrected chi connectivity index (χ0v) is 16.5. The number of carbonyl (C=O) groups is 1. The number of nitrogens with zero attached hydrogens (tertiary/aromatic N) is 3. The number of urea groups is 1. The number of likely N-dealkylation sites (tertiary alicyclic amines) is 2. The summed E-state index contributed by atoms with van der Waals surface area (Å²) in [7, 11) is 0. The van der Waals surface area contributed by atoms with Crippen molar-refractivity contribution >= 4 is 6.03 Å². The van der Waals surface area contributed by atoms with Gasteiger partial charge in [-0.25, -0.2) is 4.79 Å². The monoisotopic (exact) mass is 378 g/mol. The molecule has 0 unspecified atom stereocenters. The van der Waals surface area contributed by atoms with Crippen LogP contribution in [0, 0.1) is 0 Å². The van der Waals surface area contributed by atoms with E-state index in [4.69, 9.17) is 0 Å². The van der Waals surface area contributed by atoms with Gasteiger partial charge in [-0.05, 0) is 60.9 Å². The quantitative estimate of drug-likeness (QED) is 0.867. The molecule has 3 heterocycles. The van der Waals surface area contributed by atoms with Crippen molar-refractivity contribution in [2.75, 3.05) is 39.3 Å². The minimum Gasteiger partial charge on any atom is -0.337 e. The second kappa shape index (κ2) is 9.20. The highest BCUT2D eigenvalue weighted by Crippen LogP contribution is 2.28. The van der Waals surface area contributed by atoms with E-state index in [1.807, 2.05) is 17.3 Å². The predicted octanol–water partition coefficient (Wildman–Crippen LogP) is 3.46. The average Bonchev–Trinajstić information content (AvgIpc) is 3.24. The van der Waals surface area contributed by atoms with Gasteiger partial charge in [0, 0.05) is 45.1 Å². The van der Waals surface area contributed by atoms with E-state index in [2.05, 4.69) is 57.7 Å². The van der Waals surface area contributed by atoms with Crippen molar-refractivity contribution in [2.24, 2.45) is 0 Å². The third kappa shape index (κ3) is 4.71. The van der Waals surface area contributed by atoms with Gasteiger partial charge in [0.25, 0.3) is 0 Å². The molecule has 2 saturated heterocycles. The molecule has 1 atom stereocenters. The van der Waals surface area contributed by atoms with Gasteiger partial charge in [0.2, 0.25) is 0 Å². The molecule has 0 aliphatic carbocycles. The standard InChI is InChI=1S/C23H30N4O/c28-23(27-15-9-21(10-16-27)20-6-11-24-12-7-20)25-13-17-26-14-8-22(18-26)19-4-2-1-3-5-19/h1-7,11-12,21-22H,8-10,13-18H2,(H,25,28)/t22-/m0/s1. The maximum absolute atomic E-state index is 12.5. The first-order chi connectivity index (χ1) is 13.8. The van der Waals surface area contributed by atoms with E-state index in [0.29, 0.717) is 11.8 Å². The molecule has 1 aromatic carbocycles. The molecule has 2 aliphatic rings. The van der Waals surface area contributed by atoms with Crippen LogP contribution in [0.5, 0.6) is 0 Å². The lowest BCUT2D eigenvalue weighted by Crippen LogP contribution is -2.46. The molecule has 1 N–H and O–H groups in total. The number of aromatic nitrogens is 1. The van der Waals surface area contributed by atoms with Crippen molar-refractivity contribution in [1.29, 1.82) is 0 Å². The second-order valence-electron chi connectivity index (χ2n) is 7.97. The van der Waals surface area contributed by atoms with Crippen LogP contribution in [0.25, 0.3) is 0 Å². The number of piperidine rings is 1. The first-order valence-corrected chi connectivity index (χ1v) is 10.5. The lowest BCUT2D eigenvalue weighted by molar-refractivity contribution is 0.180. The Morgan fingerprint density at radius 2 is 1.61 bits per heavy atom. The van der Waals surface area contributed by atoms with E-state index in [-0.39, 0.29) is 6.03 Å². The highest BCUT2D eigenvalue weighted by atomic mass is 16.2. The SMILES string of the molecule is O=C(NCCN1CC[C@H](c2ccccc2)C1)N1CCC(c2ccncc2)CC1. The van der Waals surface area contributed by atoms with Gasteiger partial charge in [0.15, 0.2) is 0 Å². The first kappa shape index (κ1) is 18.9. The summed E-state index contributed by atoms with van der Waals surface area (Å²) in [5, 5.41) is 3.12. The molecule has 5 nitrogen and oxygen atoms in total. The molecule has 2 aliphatic heterocycles. The zero-order chi connectivity index (χ0) is 19.2. The zero-order valence-electron chi connectivity index (χ0n) is 16.5. The van der Waals surface area contributed by atoms with Gasteiger partial charge in [0.1, 0.15) is 0 Å². The molecule has 1 aromatic heterocycles. The fourth-order valence-corrected chi connectivity index (χ4v) is 4.52. The maximum atomic E-state index is 12.5. The second-order valence-corrected chi connectivity index (χ2v) is 7.97. The normalized spacial score (nSPS) is 21.0. The Hall–Kier alpha value is -2.40. The topological polar surface area (TPSA) is 48.5 Å². The van der Waals surface area contributed by atoms with E-state index in [1.165, 1.54) is 17.5 Å². The van der Waals surface area contributed by atoms with Crippen molar-refractivity contribution in [1.82, 2.24) is 20.1 Å². The molecule has 148 valence electrons. The Kier molecular flexibility index (Phi) is 6.22. The number of amides is 2. The van der Waals surface area contributed by atoms with E-state index < -0.39 is 0 Å². The number of hydrogen-bond acceptors (Lipinski definition) is 3. The average molecular weight is 379 g/mol. The summed E-state index contributed by atoms with van der Waals surface area (Å²) in [6.45, 7) is 5.54. The van der Waals surface area contributed by atoms with Crippen molar-refractivity contribution < 1.29 is 4.79 Å². The lowest BCUT2D eigenvalue weighted by Gasteiger charge is -2.32. The van der Waals surface area contributed by atoms with Gasteiger partial charge in [-0.15, -0.1) is 0 Å². The molecule has 2 fully saturated rings. The van der Waals surface area contributed by atoms with E-state index >= 15 is 0 Å². The fourth-order valence-electron chi connectivity index (χ4n) is 4.52. The highest BCUT2D eigenvalue weighted by molar-refractivity contribution is 5.74. The van der Waals surface area contributed by atoms with Crippen LogP contribution in [0.1, 0.15) is 42.2 Å². The summed E-state index contributed by atoms with van der Waals surface area (Å²) < 4.78 is 0. The van der Waals surface area contributed by atoms with Crippen LogP contribution in [-0.2, 0) is 0 Å². The number of hydrogen-bond donors (Lipinski definition) is 1. The smallest absolute Gasteiger partial charge is 0.317 e. The van der Waals surface area contributed by atoms with Crippen LogP contribution in [0.2, 0.25) is 0 Å². The summed E-state index contributed by atoms with van der Waals surface area (Å²) >= 11 is 0. The van der Waals surface area contributed by atoms with Crippen LogP contribution in [-0.4, -0.2) is 60.1 Å². The fraction of sp³-hybridized carbons (Fsp3) is 0.478. The molecule has 2 amide bonds. The highest BCUT2D eigenvalue weighted by Gasteiger charge is 2.25. The van der Waals surface area contributed by atoms with Crippen molar-refractivity contribution in [3.05, 3.63) is 66.0 Å². The molecular formula is C23H30N4O. The molecule has 4 rings (SSSR count). The summed E-state index contributed by atoms with van der Waals surface area (Å²) in [6, 6.07) is 15.1. The summed E-state index contributed by atoms with van der Waals surface area (Å²) in [5.41, 5.74) is 2.78. The Morgan fingerprint density at radius 1 is 0.929 bits per heavy atom. The Morgan fingerprint density at radius 3 is 2.36 bits per heavy atom. The predicted molar refractivity (Wildman–Crippen MR) is 111 cm³/mol. The van der Waals surface area contributed by atoms with Gasteiger partial charge >= 0.3 is 6.03 Å². The van der Waals surface area contributed by atoms with Crippen molar-refractivity contribution in [2.45, 2.75) is 31.1 Å². The van der Waals surface area contributed by atoms with Crippen LogP contribution < -0.4 is 5.32 Å². The number of nitrogens with one attached hydrogen (secondary N) is 1. The molecule has 0 radical (unpaired) electrons. The van der Waals surface area contributed by atoms with Gasteiger partial charge in [-0.3, -0.25) is 4.98 Å². The van der Waals surface area contributed by atoms with Gasteiger partial charge in [-0.2, -0.15) is 0 Å². The third-order valence-electron chi connectivity index (χ3n) is 6.21. The van der Waals surface area contributed by atoms with Crippen LogP contribution in [0.4, 0.5) is 4.79 Å². The Bertz CT molecular complexity index is 744. The minimum atomic E-state index is 0.0898. The summed E-state index contributed by atoms with van der Waals surface area (Å²) in [4.78, 5) is 21.0.